The number of benzene rings is 3. The van der Waals surface area contributed by atoms with Crippen LogP contribution >= 0.6 is 0 Å². The van der Waals surface area contributed by atoms with Crippen molar-refractivity contribution in [3.05, 3.63) is 96.6 Å². The van der Waals surface area contributed by atoms with Crippen molar-refractivity contribution in [2.75, 3.05) is 4.90 Å². The van der Waals surface area contributed by atoms with Gasteiger partial charge < -0.3 is 15.0 Å². The number of anilines is 2. The van der Waals surface area contributed by atoms with Crippen LogP contribution in [-0.2, 0) is 20.7 Å². The second kappa shape index (κ2) is 12.4. The molecule has 0 aliphatic heterocycles. The summed E-state index contributed by atoms with van der Waals surface area (Å²) in [7, 11) is 0. The molecule has 3 aromatic carbocycles. The molecule has 0 saturated carbocycles. The molecule has 0 aromatic heterocycles. The van der Waals surface area contributed by atoms with Crippen LogP contribution in [0.15, 0.2) is 91.0 Å². The molecular formula is C31H38N2O3. The van der Waals surface area contributed by atoms with Gasteiger partial charge in [-0.2, -0.15) is 0 Å². The first-order valence-electron chi connectivity index (χ1n) is 12.6. The molecule has 3 aromatic rings. The summed E-state index contributed by atoms with van der Waals surface area (Å²) < 4.78 is 5.66. The lowest BCUT2D eigenvalue weighted by molar-refractivity contribution is -0.159. The third-order valence-electron chi connectivity index (χ3n) is 5.67. The Morgan fingerprint density at radius 3 is 1.72 bits per heavy atom. The van der Waals surface area contributed by atoms with Crippen molar-refractivity contribution in [1.29, 1.82) is 0 Å². The third-order valence-corrected chi connectivity index (χ3v) is 5.67. The first-order valence-corrected chi connectivity index (χ1v) is 12.6. The summed E-state index contributed by atoms with van der Waals surface area (Å²) in [5.41, 5.74) is 2.20. The highest BCUT2D eigenvalue weighted by molar-refractivity contribution is 5.92. The zero-order valence-electron chi connectivity index (χ0n) is 22.0. The quantitative estimate of drug-likeness (QED) is 0.342. The fraction of sp³-hybridized carbons (Fsp3) is 0.355. The molecule has 5 nitrogen and oxygen atoms in total. The highest BCUT2D eigenvalue weighted by Gasteiger charge is 2.33. The molecule has 0 aliphatic rings. The largest absolute Gasteiger partial charge is 0.458 e. The molecule has 3 rings (SSSR count). The van der Waals surface area contributed by atoms with Crippen LogP contribution in [0.1, 0.15) is 46.6 Å². The van der Waals surface area contributed by atoms with Gasteiger partial charge in [0.05, 0.1) is 0 Å². The lowest BCUT2D eigenvalue weighted by Gasteiger charge is -2.34. The van der Waals surface area contributed by atoms with E-state index in [0.717, 1.165) is 16.9 Å². The monoisotopic (exact) mass is 485 g/mol. The van der Waals surface area contributed by atoms with Crippen LogP contribution in [0, 0.1) is 5.92 Å². The maximum absolute atomic E-state index is 14.0. The molecule has 0 saturated heterocycles. The minimum Gasteiger partial charge on any atom is -0.458 e. The van der Waals surface area contributed by atoms with Crippen molar-refractivity contribution in [3.8, 4) is 0 Å². The summed E-state index contributed by atoms with van der Waals surface area (Å²) in [5.74, 6) is -0.424. The average molecular weight is 486 g/mol. The lowest BCUT2D eigenvalue weighted by atomic mass is 9.71. The zero-order valence-corrected chi connectivity index (χ0v) is 22.0. The molecular weight excluding hydrogens is 447 g/mol. The predicted molar refractivity (Wildman–Crippen MR) is 146 cm³/mol. The van der Waals surface area contributed by atoms with Gasteiger partial charge in [0.25, 0.3) is 0 Å². The van der Waals surface area contributed by atoms with E-state index in [0.29, 0.717) is 12.8 Å². The van der Waals surface area contributed by atoms with Gasteiger partial charge in [-0.3, -0.25) is 4.79 Å². The van der Waals surface area contributed by atoms with E-state index in [9.17, 15) is 9.59 Å². The standard InChI is InChI=1S/C31H38N2O3/c1-23(2)21-27(30(35)36-31(3,4)5)32-29(34)28(22-24-15-9-6-10-16-24)33(25-17-11-7-12-18-25)26-19-13-8-14-20-26/h6-20,23,27-28H,21-22H2,1-5H3,(H,32,34)/t27-,28+/m1/s1/i22-1. The average Bonchev–Trinajstić information content (AvgIpc) is 2.84. The van der Waals surface area contributed by atoms with E-state index in [1.54, 1.807) is 0 Å². The van der Waals surface area contributed by atoms with Gasteiger partial charge in [-0.05, 0) is 62.9 Å². The van der Waals surface area contributed by atoms with E-state index in [-0.39, 0.29) is 11.8 Å². The van der Waals surface area contributed by atoms with Gasteiger partial charge in [0.15, 0.2) is 0 Å². The van der Waals surface area contributed by atoms with Crippen molar-refractivity contribution < 1.29 is 14.3 Å². The molecule has 0 heterocycles. The Labute approximate surface area is 215 Å². The number of nitrogens with zero attached hydrogens (tertiary/aromatic N) is 1. The summed E-state index contributed by atoms with van der Waals surface area (Å²) in [6.45, 7) is 9.58. The van der Waals surface area contributed by atoms with Gasteiger partial charge in [-0.15, -0.1) is 0 Å². The van der Waals surface area contributed by atoms with E-state index >= 15 is 0 Å². The predicted octanol–water partition coefficient (Wildman–Crippen LogP) is 6.31. The Balaban J connectivity index is 2.01. The highest BCUT2D eigenvalue weighted by Crippen LogP contribution is 2.29. The normalized spacial score (nSPS) is 13.1. The molecule has 2 atom stereocenters. The smallest absolute Gasteiger partial charge is 0.329 e. The highest BCUT2D eigenvalue weighted by atomic mass is 16.6. The minimum atomic E-state index is -0.733. The summed E-state index contributed by atoms with van der Waals surface area (Å²) in [6.07, 6.45) is 0.967. The van der Waals surface area contributed by atoms with Crippen LogP contribution in [0.4, 0.5) is 11.4 Å². The van der Waals surface area contributed by atoms with E-state index < -0.39 is 23.7 Å². The number of ether oxygens (including phenoxy) is 1. The lowest BCUT2D eigenvalue weighted by Crippen LogP contribution is -2.52. The van der Waals surface area contributed by atoms with E-state index in [2.05, 4.69) is 5.32 Å². The Kier molecular flexibility index (Phi) is 9.29. The summed E-state index contributed by atoms with van der Waals surface area (Å²) in [6, 6.07) is 28.4. The van der Waals surface area contributed by atoms with Crippen molar-refractivity contribution in [2.24, 2.45) is 5.92 Å². The molecule has 190 valence electrons. The molecule has 0 unspecified atom stereocenters. The number of carbonyl (C=O) groups is 2. The van der Waals surface area contributed by atoms with Crippen molar-refractivity contribution in [3.63, 3.8) is 0 Å². The van der Waals surface area contributed by atoms with Gasteiger partial charge in [0.2, 0.25) is 5.91 Å². The molecule has 0 radical (unpaired) electrons. The van der Waals surface area contributed by atoms with Crippen LogP contribution in [0.3, 0.4) is 0 Å². The minimum absolute atomic E-state index is 0.203. The van der Waals surface area contributed by atoms with E-state index in [1.165, 1.54) is 0 Å². The maximum Gasteiger partial charge on any atom is 0.329 e. The SMILES string of the molecule is CC(C)C[C@@H](NC(=O)[C@H]([11CH2]c1ccccc1)N(c1ccccc1)c1ccccc1)C(=O)OC(C)(C)C. The second-order valence-corrected chi connectivity index (χ2v) is 10.5. The Hall–Kier alpha value is -3.60. The number of esters is 1. The Bertz CT molecular complexity index is 1050. The van der Waals surface area contributed by atoms with Crippen LogP contribution in [0.5, 0.6) is 0 Å². The van der Waals surface area contributed by atoms with Crippen LogP contribution in [0.25, 0.3) is 0 Å². The number of rotatable bonds is 10. The zero-order chi connectivity index (χ0) is 26.1. The molecule has 0 aliphatic carbocycles. The number of hydrogen-bond acceptors (Lipinski definition) is 4. The molecule has 0 spiro atoms. The van der Waals surface area contributed by atoms with Crippen LogP contribution in [0.2, 0.25) is 0 Å². The van der Waals surface area contributed by atoms with Gasteiger partial charge in [0.1, 0.15) is 17.7 Å². The first-order chi connectivity index (χ1) is 17.1. The number of hydrogen-bond donors (Lipinski definition) is 1. The van der Waals surface area contributed by atoms with E-state index in [4.69, 9.17) is 4.74 Å². The molecule has 1 amide bonds. The Morgan fingerprint density at radius 2 is 1.28 bits per heavy atom. The number of amides is 1. The van der Waals surface area contributed by atoms with E-state index in [1.807, 2.05) is 131 Å². The second-order valence-electron chi connectivity index (χ2n) is 10.5. The van der Waals surface area contributed by atoms with Crippen LogP contribution in [-0.4, -0.2) is 29.6 Å². The maximum atomic E-state index is 14.0. The summed E-state index contributed by atoms with van der Waals surface area (Å²) in [5, 5.41) is 3.06. The molecule has 0 fully saturated rings. The fourth-order valence-electron chi connectivity index (χ4n) is 4.15. The van der Waals surface area contributed by atoms with Gasteiger partial charge in [0, 0.05) is 17.8 Å². The first kappa shape index (κ1) is 27.0. The van der Waals surface area contributed by atoms with Gasteiger partial charge in [-0.1, -0.05) is 80.6 Å². The number of para-hydroxylation sites is 2. The molecule has 5 heteroatoms. The Morgan fingerprint density at radius 1 is 0.806 bits per heavy atom. The molecule has 36 heavy (non-hydrogen) atoms. The third kappa shape index (κ3) is 7.98. The van der Waals surface area contributed by atoms with Crippen molar-refractivity contribution in [2.45, 2.75) is 65.1 Å². The molecule has 1 N–H and O–H groups in total. The summed E-state index contributed by atoms with van der Waals surface area (Å²) >= 11 is 0. The van der Waals surface area contributed by atoms with Crippen molar-refractivity contribution >= 4 is 23.3 Å². The van der Waals surface area contributed by atoms with Gasteiger partial charge in [-0.25, -0.2) is 4.79 Å². The molecule has 0 bridgehead atoms. The number of carbonyl (C=O) groups excluding carboxylic acids is 2. The van der Waals surface area contributed by atoms with Crippen molar-refractivity contribution in [1.82, 2.24) is 5.32 Å². The number of nitrogens with one attached hydrogen (secondary N) is 1. The summed E-state index contributed by atoms with van der Waals surface area (Å²) in [4.78, 5) is 29.2. The fourth-order valence-corrected chi connectivity index (χ4v) is 4.15. The van der Waals surface area contributed by atoms with Crippen LogP contribution < -0.4 is 10.2 Å². The topological polar surface area (TPSA) is 58.6 Å². The van der Waals surface area contributed by atoms with Gasteiger partial charge >= 0.3 is 5.97 Å².